The Morgan fingerprint density at radius 3 is 2.69 bits per heavy atom. The average Bonchev–Trinajstić information content (AvgIpc) is 3.45. The number of aryl methyl sites for hydroxylation is 1. The summed E-state index contributed by atoms with van der Waals surface area (Å²) in [5, 5.41) is 18.0. The summed E-state index contributed by atoms with van der Waals surface area (Å²) in [5.41, 5.74) is 4.03. The number of rotatable bonds is 9. The first kappa shape index (κ1) is 32.4. The Hall–Kier alpha value is -4.02. The second-order valence-electron chi connectivity index (χ2n) is 14.0. The van der Waals surface area contributed by atoms with Gasteiger partial charge in [-0.25, -0.2) is 9.97 Å². The number of nitrogens with one attached hydrogen (secondary N) is 1. The number of aromatic nitrogens is 4. The first-order valence-electron chi connectivity index (χ1n) is 15.4. The highest BCUT2D eigenvalue weighted by Gasteiger charge is 2.44. The van der Waals surface area contributed by atoms with E-state index in [1.54, 1.807) is 29.2 Å². The molecule has 1 aromatic carbocycles. The van der Waals surface area contributed by atoms with E-state index >= 15 is 0 Å². The molecular formula is C32H42BN8O3Si. The van der Waals surface area contributed by atoms with Gasteiger partial charge in [0.15, 0.2) is 8.32 Å². The topological polar surface area (TPSA) is 129 Å². The zero-order valence-corrected chi connectivity index (χ0v) is 28.5. The standard InChI is InChI=1S/C32H42BN8O3Si/c1-21(2)39-12-9-13-41-28(29(39)43)26(17-36-41)38-30-35-11-10-25(37-30)22-14-23(16-34)27-24(15-22)32(6,18-40(27)33-20-42)19-44-45(7,8)31(3,4)5/h10-11,14-15,17,20-21H,9,12-13,18-19H2,1-8H3,(H,35,37,38)/t32-/m1/s1. The van der Waals surface area contributed by atoms with Gasteiger partial charge in [0, 0.05) is 55.1 Å². The molecule has 0 fully saturated rings. The van der Waals surface area contributed by atoms with Crippen molar-refractivity contribution < 1.29 is 14.0 Å². The fraction of sp³-hybridized carbons (Fsp3) is 0.500. The fourth-order valence-electron chi connectivity index (χ4n) is 5.75. The minimum atomic E-state index is -2.07. The van der Waals surface area contributed by atoms with Crippen LogP contribution in [0.4, 0.5) is 17.3 Å². The van der Waals surface area contributed by atoms with Gasteiger partial charge in [0.05, 0.1) is 23.1 Å². The van der Waals surface area contributed by atoms with Gasteiger partial charge >= 0.3 is 7.41 Å². The predicted molar refractivity (Wildman–Crippen MR) is 179 cm³/mol. The second kappa shape index (κ2) is 12.1. The number of anilines is 3. The smallest absolute Gasteiger partial charge is 0.329 e. The van der Waals surface area contributed by atoms with Crippen LogP contribution in [-0.2, 0) is 21.2 Å². The lowest BCUT2D eigenvalue weighted by Gasteiger charge is -2.39. The summed E-state index contributed by atoms with van der Waals surface area (Å²) in [7, 11) is -0.589. The molecule has 2 aliphatic rings. The lowest BCUT2D eigenvalue weighted by Crippen LogP contribution is -2.46. The van der Waals surface area contributed by atoms with Crippen molar-refractivity contribution in [1.29, 1.82) is 5.26 Å². The highest BCUT2D eigenvalue weighted by Crippen LogP contribution is 2.46. The van der Waals surface area contributed by atoms with E-state index in [1.165, 1.54) is 7.41 Å². The van der Waals surface area contributed by atoms with Crippen LogP contribution in [0, 0.1) is 11.3 Å². The molecule has 0 aliphatic carbocycles. The summed E-state index contributed by atoms with van der Waals surface area (Å²) >= 11 is 0. The molecule has 45 heavy (non-hydrogen) atoms. The van der Waals surface area contributed by atoms with E-state index < -0.39 is 13.7 Å². The molecule has 2 aliphatic heterocycles. The van der Waals surface area contributed by atoms with Crippen LogP contribution in [0.1, 0.15) is 69.6 Å². The van der Waals surface area contributed by atoms with Crippen molar-refractivity contribution in [2.24, 2.45) is 0 Å². The van der Waals surface area contributed by atoms with Gasteiger partial charge in [0.1, 0.15) is 17.9 Å². The molecule has 2 aromatic heterocycles. The minimum Gasteiger partial charge on any atom is -0.416 e. The third kappa shape index (κ3) is 6.13. The Morgan fingerprint density at radius 1 is 1.27 bits per heavy atom. The van der Waals surface area contributed by atoms with Gasteiger partial charge in [0.25, 0.3) is 5.91 Å². The maximum atomic E-state index is 13.4. The molecule has 11 nitrogen and oxygen atoms in total. The number of carbonyl (C=O) groups is 2. The van der Waals surface area contributed by atoms with Crippen LogP contribution in [0.25, 0.3) is 11.3 Å². The Morgan fingerprint density at radius 2 is 2.02 bits per heavy atom. The van der Waals surface area contributed by atoms with Crippen LogP contribution in [0.5, 0.6) is 0 Å². The fourth-order valence-corrected chi connectivity index (χ4v) is 6.86. The molecule has 0 bridgehead atoms. The van der Waals surface area contributed by atoms with Gasteiger partial charge < -0.3 is 24.2 Å². The van der Waals surface area contributed by atoms with Crippen LogP contribution >= 0.6 is 0 Å². The number of nitriles is 1. The van der Waals surface area contributed by atoms with Crippen LogP contribution in [0.3, 0.4) is 0 Å². The van der Waals surface area contributed by atoms with Gasteiger partial charge in [-0.1, -0.05) is 27.7 Å². The van der Waals surface area contributed by atoms with Crippen LogP contribution < -0.4 is 10.1 Å². The van der Waals surface area contributed by atoms with E-state index in [1.807, 2.05) is 29.6 Å². The summed E-state index contributed by atoms with van der Waals surface area (Å²) in [6.45, 7) is 19.5. The zero-order chi connectivity index (χ0) is 32.7. The summed E-state index contributed by atoms with van der Waals surface area (Å²) in [4.78, 5) is 38.0. The highest BCUT2D eigenvalue weighted by atomic mass is 28.4. The maximum absolute atomic E-state index is 13.4. The van der Waals surface area contributed by atoms with E-state index in [-0.39, 0.29) is 17.0 Å². The van der Waals surface area contributed by atoms with Gasteiger partial charge in [-0.3, -0.25) is 9.48 Å². The van der Waals surface area contributed by atoms with Crippen molar-refractivity contribution in [3.8, 4) is 17.3 Å². The first-order chi connectivity index (χ1) is 21.2. The predicted octanol–water partition coefficient (Wildman–Crippen LogP) is 5.12. The van der Waals surface area contributed by atoms with E-state index in [0.29, 0.717) is 54.8 Å². The van der Waals surface area contributed by atoms with Crippen molar-refractivity contribution in [3.05, 3.63) is 47.4 Å². The van der Waals surface area contributed by atoms with E-state index in [9.17, 15) is 14.9 Å². The molecule has 13 heteroatoms. The lowest BCUT2D eigenvalue weighted by atomic mass is 9.83. The molecule has 235 valence electrons. The van der Waals surface area contributed by atoms with Crippen LogP contribution in [0.15, 0.2) is 30.6 Å². The normalized spacial score (nSPS) is 18.4. The third-order valence-electron chi connectivity index (χ3n) is 9.38. The molecule has 0 saturated heterocycles. The zero-order valence-electron chi connectivity index (χ0n) is 27.5. The van der Waals surface area contributed by atoms with Crippen molar-refractivity contribution in [1.82, 2.24) is 24.6 Å². The molecule has 0 unspecified atom stereocenters. The van der Waals surface area contributed by atoms with E-state index in [4.69, 9.17) is 9.41 Å². The molecule has 1 radical (unpaired) electrons. The van der Waals surface area contributed by atoms with Crippen LogP contribution in [-0.4, -0.2) is 78.2 Å². The second-order valence-corrected chi connectivity index (χ2v) is 18.8. The summed E-state index contributed by atoms with van der Waals surface area (Å²) in [5.74, 6) is 0.238. The van der Waals surface area contributed by atoms with Gasteiger partial charge in [-0.15, -0.1) is 0 Å². The Kier molecular flexibility index (Phi) is 8.68. The lowest BCUT2D eigenvalue weighted by molar-refractivity contribution is 0.0710. The highest BCUT2D eigenvalue weighted by molar-refractivity contribution is 6.74. The third-order valence-corrected chi connectivity index (χ3v) is 13.9. The molecule has 1 atom stereocenters. The van der Waals surface area contributed by atoms with Crippen molar-refractivity contribution in [2.45, 2.75) is 84.1 Å². The van der Waals surface area contributed by atoms with Gasteiger partial charge in [-0.2, -0.15) is 10.4 Å². The summed E-state index contributed by atoms with van der Waals surface area (Å²) < 4.78 is 8.44. The Bertz CT molecular complexity index is 1660. The van der Waals surface area contributed by atoms with Crippen LogP contribution in [0.2, 0.25) is 18.1 Å². The number of fused-ring (bicyclic) bond motifs is 2. The van der Waals surface area contributed by atoms with E-state index in [0.717, 1.165) is 29.4 Å². The van der Waals surface area contributed by atoms with E-state index in [2.05, 4.69) is 62.3 Å². The SMILES string of the molecule is CC(C)N1CCCn2ncc(Nc3nccc(-c4cc(C#N)c5c(c4)[C@@](C)(CO[Si](C)(C)C(C)(C)C)CN5[B]C=O)n3)c2C1=O. The number of amides is 1. The number of hydrogen-bond donors (Lipinski definition) is 1. The molecule has 3 aromatic rings. The van der Waals surface area contributed by atoms with Crippen molar-refractivity contribution >= 4 is 45.1 Å². The quantitative estimate of drug-likeness (QED) is 0.255. The number of carbonyl (C=O) groups excluding carboxylic acids is 2. The first-order valence-corrected chi connectivity index (χ1v) is 18.3. The average molecular weight is 626 g/mol. The number of nitrogens with zero attached hydrogens (tertiary/aromatic N) is 7. The van der Waals surface area contributed by atoms with Gasteiger partial charge in [-0.05, 0) is 62.2 Å². The summed E-state index contributed by atoms with van der Waals surface area (Å²) in [6, 6.07) is 8.06. The summed E-state index contributed by atoms with van der Waals surface area (Å²) in [6.07, 6.45) is 4.87. The Labute approximate surface area is 267 Å². The number of hydrogen-bond acceptors (Lipinski definition) is 9. The molecule has 0 saturated carbocycles. The monoisotopic (exact) mass is 625 g/mol. The molecule has 4 heterocycles. The maximum Gasteiger partial charge on any atom is 0.329 e. The van der Waals surface area contributed by atoms with Gasteiger partial charge in [0.2, 0.25) is 5.95 Å². The largest absolute Gasteiger partial charge is 0.416 e. The van der Waals surface area contributed by atoms with Crippen molar-refractivity contribution in [3.63, 3.8) is 0 Å². The molecule has 0 spiro atoms. The molecule has 1 N–H and O–H groups in total. The number of benzene rings is 1. The Balaban J connectivity index is 1.51. The molecule has 1 amide bonds. The molecular weight excluding hydrogens is 583 g/mol. The molecule has 5 rings (SSSR count). The van der Waals surface area contributed by atoms with Crippen molar-refractivity contribution in [2.75, 3.05) is 29.8 Å². The minimum absolute atomic E-state index is 0.0369.